The summed E-state index contributed by atoms with van der Waals surface area (Å²) in [5.41, 5.74) is 0.753. The molecule has 0 fully saturated rings. The van der Waals surface area contributed by atoms with Gasteiger partial charge in [-0.1, -0.05) is 29.8 Å². The number of hydrogen-bond donors (Lipinski definition) is 3. The third-order valence-electron chi connectivity index (χ3n) is 5.05. The van der Waals surface area contributed by atoms with Crippen molar-refractivity contribution >= 4 is 40.4 Å². The Hall–Kier alpha value is -2.56. The number of aromatic nitrogens is 2. The maximum absolute atomic E-state index is 13.8. The van der Waals surface area contributed by atoms with Crippen LogP contribution in [0.15, 0.2) is 41.8 Å². The molecule has 0 saturated carbocycles. The fourth-order valence-corrected chi connectivity index (χ4v) is 4.50. The molecular formula is C20H18ClF3N4O2S. The fraction of sp³-hybridized carbons (Fsp3) is 0.300. The van der Waals surface area contributed by atoms with E-state index in [4.69, 9.17) is 11.6 Å². The molecule has 6 nitrogen and oxygen atoms in total. The maximum atomic E-state index is 13.8. The second kappa shape index (κ2) is 8.18. The van der Waals surface area contributed by atoms with Crippen molar-refractivity contribution < 1.29 is 23.1 Å². The zero-order valence-corrected chi connectivity index (χ0v) is 17.7. The number of rotatable bonds is 4. The standard InChI is InChI=1S/C20H18ClF3N4O2S/c1-10(29)11-4-6-12(7-5-11)25-19(30)17-16(21)18-26-13(14-3-2-8-31-14)9-15(20(22,23)24)28(18)27-17/h2-8,10,13,15,26,29H,9H2,1H3,(H,25,30)/t10-,13-,15-/m0/s1. The first-order chi connectivity index (χ1) is 14.6. The van der Waals surface area contributed by atoms with Crippen molar-refractivity contribution in [2.75, 3.05) is 10.6 Å². The summed E-state index contributed by atoms with van der Waals surface area (Å²) in [7, 11) is 0. The molecule has 1 amide bonds. The summed E-state index contributed by atoms with van der Waals surface area (Å²) in [6.45, 7) is 1.61. The Kier molecular flexibility index (Phi) is 5.71. The van der Waals surface area contributed by atoms with Crippen molar-refractivity contribution in [3.05, 3.63) is 62.9 Å². The molecule has 31 heavy (non-hydrogen) atoms. The quantitative estimate of drug-likeness (QED) is 0.466. The fourth-order valence-electron chi connectivity index (χ4n) is 3.45. The van der Waals surface area contributed by atoms with Crippen molar-refractivity contribution in [2.45, 2.75) is 37.7 Å². The molecule has 1 aliphatic heterocycles. The van der Waals surface area contributed by atoms with Crippen molar-refractivity contribution in [3.8, 4) is 0 Å². The van der Waals surface area contributed by atoms with Gasteiger partial charge in [0.1, 0.15) is 10.8 Å². The van der Waals surface area contributed by atoms with Gasteiger partial charge in [0.25, 0.3) is 5.91 Å². The molecule has 3 N–H and O–H groups in total. The van der Waals surface area contributed by atoms with Gasteiger partial charge in [0.15, 0.2) is 11.7 Å². The van der Waals surface area contributed by atoms with Crippen LogP contribution in [0.4, 0.5) is 24.7 Å². The Morgan fingerprint density at radius 2 is 2.06 bits per heavy atom. The molecule has 164 valence electrons. The van der Waals surface area contributed by atoms with E-state index in [1.54, 1.807) is 48.7 Å². The average molecular weight is 471 g/mol. The van der Waals surface area contributed by atoms with E-state index in [1.165, 1.54) is 11.3 Å². The first-order valence-electron chi connectivity index (χ1n) is 9.39. The van der Waals surface area contributed by atoms with Crippen molar-refractivity contribution in [2.24, 2.45) is 0 Å². The zero-order valence-electron chi connectivity index (χ0n) is 16.2. The maximum Gasteiger partial charge on any atom is 0.410 e. The molecule has 3 atom stereocenters. The Balaban J connectivity index is 1.64. The van der Waals surface area contributed by atoms with Gasteiger partial charge in [-0.25, -0.2) is 4.68 Å². The minimum absolute atomic E-state index is 0.0387. The summed E-state index contributed by atoms with van der Waals surface area (Å²) in [6, 6.07) is 7.41. The molecule has 0 radical (unpaired) electrons. The van der Waals surface area contributed by atoms with Gasteiger partial charge in [0.05, 0.1) is 12.1 Å². The molecule has 0 aliphatic carbocycles. The molecular weight excluding hydrogens is 453 g/mol. The summed E-state index contributed by atoms with van der Waals surface area (Å²) < 4.78 is 42.1. The largest absolute Gasteiger partial charge is 0.410 e. The van der Waals surface area contributed by atoms with E-state index in [0.717, 1.165) is 9.56 Å². The van der Waals surface area contributed by atoms with Crippen molar-refractivity contribution in [1.82, 2.24) is 9.78 Å². The molecule has 0 unspecified atom stereocenters. The molecule has 1 aliphatic rings. The lowest BCUT2D eigenvalue weighted by Gasteiger charge is -2.32. The lowest BCUT2D eigenvalue weighted by atomic mass is 10.0. The molecule has 3 aromatic rings. The Morgan fingerprint density at radius 3 is 2.65 bits per heavy atom. The summed E-state index contributed by atoms with van der Waals surface area (Å²) in [5, 5.41) is 20.7. The number of fused-ring (bicyclic) bond motifs is 1. The lowest BCUT2D eigenvalue weighted by molar-refractivity contribution is -0.173. The summed E-state index contributed by atoms with van der Waals surface area (Å²) in [6.07, 6.45) is -5.50. The highest BCUT2D eigenvalue weighted by atomic mass is 35.5. The highest BCUT2D eigenvalue weighted by Gasteiger charge is 2.48. The van der Waals surface area contributed by atoms with Crippen LogP contribution < -0.4 is 10.6 Å². The predicted molar refractivity (Wildman–Crippen MR) is 113 cm³/mol. The topological polar surface area (TPSA) is 79.2 Å². The van der Waals surface area contributed by atoms with Crippen molar-refractivity contribution in [1.29, 1.82) is 0 Å². The molecule has 0 spiro atoms. The van der Waals surface area contributed by atoms with Crippen LogP contribution in [-0.2, 0) is 0 Å². The normalized spacial score (nSPS) is 19.4. The number of aliphatic hydroxyl groups is 1. The van der Waals surface area contributed by atoms with Gasteiger partial charge in [-0.2, -0.15) is 18.3 Å². The Labute approximate surface area is 184 Å². The molecule has 11 heteroatoms. The number of alkyl halides is 3. The van der Waals surface area contributed by atoms with Gasteiger partial charge in [-0.3, -0.25) is 4.79 Å². The summed E-state index contributed by atoms with van der Waals surface area (Å²) in [4.78, 5) is 13.4. The predicted octanol–water partition coefficient (Wildman–Crippen LogP) is 5.56. The van der Waals surface area contributed by atoms with Crippen LogP contribution in [0.2, 0.25) is 5.02 Å². The summed E-state index contributed by atoms with van der Waals surface area (Å²) in [5.74, 6) is -0.768. The van der Waals surface area contributed by atoms with E-state index in [9.17, 15) is 23.1 Å². The van der Waals surface area contributed by atoms with Crippen LogP contribution in [-0.4, -0.2) is 27.0 Å². The number of anilines is 2. The first kappa shape index (κ1) is 21.7. The Morgan fingerprint density at radius 1 is 1.35 bits per heavy atom. The van der Waals surface area contributed by atoms with E-state index in [1.807, 2.05) is 0 Å². The summed E-state index contributed by atoms with van der Waals surface area (Å²) >= 11 is 7.65. The molecule has 0 saturated heterocycles. The average Bonchev–Trinajstić information content (AvgIpc) is 3.35. The zero-order chi connectivity index (χ0) is 22.3. The van der Waals surface area contributed by atoms with E-state index in [2.05, 4.69) is 15.7 Å². The number of carbonyl (C=O) groups excluding carboxylic acids is 1. The van der Waals surface area contributed by atoms with Crippen molar-refractivity contribution in [3.63, 3.8) is 0 Å². The highest BCUT2D eigenvalue weighted by molar-refractivity contribution is 7.10. The van der Waals surface area contributed by atoms with Crippen LogP contribution in [0, 0.1) is 0 Å². The number of nitrogens with one attached hydrogen (secondary N) is 2. The number of halogens is 4. The number of amides is 1. The molecule has 3 heterocycles. The van der Waals surface area contributed by atoms with Gasteiger partial charge >= 0.3 is 6.18 Å². The second-order valence-corrected chi connectivity index (χ2v) is 8.57. The number of hydrogen-bond acceptors (Lipinski definition) is 5. The molecule has 2 aromatic heterocycles. The number of nitrogens with zero attached hydrogens (tertiary/aromatic N) is 2. The number of aliphatic hydroxyl groups excluding tert-OH is 1. The van der Waals surface area contributed by atoms with E-state index in [-0.39, 0.29) is 23.0 Å². The third kappa shape index (κ3) is 4.28. The van der Waals surface area contributed by atoms with E-state index < -0.39 is 30.3 Å². The van der Waals surface area contributed by atoms with Gasteiger partial charge in [0.2, 0.25) is 0 Å². The first-order valence-corrected chi connectivity index (χ1v) is 10.6. The van der Waals surface area contributed by atoms with Crippen LogP contribution in [0.3, 0.4) is 0 Å². The molecule has 4 rings (SSSR count). The SMILES string of the molecule is C[C@H](O)c1ccc(NC(=O)c2nn3c(c2Cl)N[C@H](c2cccs2)C[C@H]3C(F)(F)F)cc1. The minimum Gasteiger partial charge on any atom is -0.389 e. The minimum atomic E-state index is -4.56. The van der Waals surface area contributed by atoms with Crippen LogP contribution in [0.25, 0.3) is 0 Å². The Bertz CT molecular complexity index is 1080. The highest BCUT2D eigenvalue weighted by Crippen LogP contribution is 2.46. The van der Waals surface area contributed by atoms with Gasteiger partial charge in [0, 0.05) is 17.0 Å². The monoisotopic (exact) mass is 470 g/mol. The van der Waals surface area contributed by atoms with E-state index in [0.29, 0.717) is 11.3 Å². The van der Waals surface area contributed by atoms with Gasteiger partial charge in [-0.05, 0) is 36.1 Å². The van der Waals surface area contributed by atoms with Gasteiger partial charge in [-0.15, -0.1) is 11.3 Å². The molecule has 1 aromatic carbocycles. The number of carbonyl (C=O) groups is 1. The van der Waals surface area contributed by atoms with E-state index >= 15 is 0 Å². The lowest BCUT2D eigenvalue weighted by Crippen LogP contribution is -2.35. The van der Waals surface area contributed by atoms with Crippen LogP contribution in [0.1, 0.15) is 52.5 Å². The number of thiophene rings is 1. The van der Waals surface area contributed by atoms with Crippen LogP contribution in [0.5, 0.6) is 0 Å². The van der Waals surface area contributed by atoms with Crippen LogP contribution >= 0.6 is 22.9 Å². The third-order valence-corrected chi connectivity index (χ3v) is 6.39. The molecule has 0 bridgehead atoms. The number of benzene rings is 1. The van der Waals surface area contributed by atoms with Gasteiger partial charge < -0.3 is 15.7 Å². The smallest absolute Gasteiger partial charge is 0.389 e. The second-order valence-electron chi connectivity index (χ2n) is 7.21.